The first kappa shape index (κ1) is 15.8. The fourth-order valence-electron chi connectivity index (χ4n) is 1.57. The highest BCUT2D eigenvalue weighted by atomic mass is 35.5. The summed E-state index contributed by atoms with van der Waals surface area (Å²) in [5.74, 6) is 0. The molecule has 0 unspecified atom stereocenters. The molecular weight excluding hydrogens is 264 g/mol. The normalized spacial score (nSPS) is 10.3. The largest absolute Gasteiger partial charge is 0.382 e. The van der Waals surface area contributed by atoms with E-state index in [-0.39, 0.29) is 6.03 Å². The number of carbonyl (C=O) groups excluding carboxylic acids is 1. The number of benzene rings is 1. The summed E-state index contributed by atoms with van der Waals surface area (Å²) in [6.07, 6.45) is 1.85. The standard InChI is InChI=1S/C14H21ClN2O2/c1-3-19-9-5-4-8-16-14(18)17-13-10-12(15)7-6-11(13)2/h6-7,10H,3-5,8-9H2,1-2H3,(H2,16,17,18). The quantitative estimate of drug-likeness (QED) is 0.752. The first-order valence-electron chi connectivity index (χ1n) is 6.52. The maximum atomic E-state index is 11.7. The molecule has 0 aliphatic heterocycles. The third-order valence-electron chi connectivity index (χ3n) is 2.65. The summed E-state index contributed by atoms with van der Waals surface area (Å²) in [6.45, 7) is 6.01. The molecule has 19 heavy (non-hydrogen) atoms. The van der Waals surface area contributed by atoms with Gasteiger partial charge >= 0.3 is 6.03 Å². The predicted octanol–water partition coefficient (Wildman–Crippen LogP) is 3.59. The number of hydrogen-bond donors (Lipinski definition) is 2. The molecule has 0 spiro atoms. The van der Waals surface area contributed by atoms with Crippen molar-refractivity contribution >= 4 is 23.3 Å². The zero-order valence-corrected chi connectivity index (χ0v) is 12.2. The van der Waals surface area contributed by atoms with Crippen LogP contribution in [0.25, 0.3) is 0 Å². The van der Waals surface area contributed by atoms with Gasteiger partial charge in [0.2, 0.25) is 0 Å². The number of hydrogen-bond acceptors (Lipinski definition) is 2. The van der Waals surface area contributed by atoms with Crippen LogP contribution >= 0.6 is 11.6 Å². The van der Waals surface area contributed by atoms with Gasteiger partial charge in [0.15, 0.2) is 0 Å². The Morgan fingerprint density at radius 2 is 2.16 bits per heavy atom. The van der Waals surface area contributed by atoms with Crippen molar-refractivity contribution in [3.63, 3.8) is 0 Å². The van der Waals surface area contributed by atoms with Crippen molar-refractivity contribution in [2.45, 2.75) is 26.7 Å². The minimum absolute atomic E-state index is 0.207. The number of urea groups is 1. The Labute approximate surface area is 119 Å². The Morgan fingerprint density at radius 1 is 1.37 bits per heavy atom. The van der Waals surface area contributed by atoms with Crippen molar-refractivity contribution in [2.24, 2.45) is 0 Å². The van der Waals surface area contributed by atoms with Gasteiger partial charge in [0.1, 0.15) is 0 Å². The molecule has 0 saturated heterocycles. The van der Waals surface area contributed by atoms with E-state index in [1.165, 1.54) is 0 Å². The Balaban J connectivity index is 2.25. The van der Waals surface area contributed by atoms with E-state index in [9.17, 15) is 4.79 Å². The van der Waals surface area contributed by atoms with Gasteiger partial charge in [-0.3, -0.25) is 0 Å². The van der Waals surface area contributed by atoms with E-state index in [1.54, 1.807) is 12.1 Å². The Morgan fingerprint density at radius 3 is 2.89 bits per heavy atom. The average molecular weight is 285 g/mol. The van der Waals surface area contributed by atoms with Gasteiger partial charge in [0.25, 0.3) is 0 Å². The molecule has 1 aromatic carbocycles. The van der Waals surface area contributed by atoms with Crippen LogP contribution in [0.4, 0.5) is 10.5 Å². The molecule has 1 aromatic rings. The Bertz CT molecular complexity index is 410. The lowest BCUT2D eigenvalue weighted by atomic mass is 10.2. The third-order valence-corrected chi connectivity index (χ3v) is 2.89. The highest BCUT2D eigenvalue weighted by molar-refractivity contribution is 6.31. The van der Waals surface area contributed by atoms with Crippen LogP contribution in [0.1, 0.15) is 25.3 Å². The molecule has 0 radical (unpaired) electrons. The van der Waals surface area contributed by atoms with Gasteiger partial charge in [-0.05, 0) is 44.4 Å². The lowest BCUT2D eigenvalue weighted by Gasteiger charge is -2.10. The molecule has 0 heterocycles. The second-order valence-corrected chi connectivity index (χ2v) is 4.68. The van der Waals surface area contributed by atoms with Gasteiger partial charge in [-0.25, -0.2) is 4.79 Å². The van der Waals surface area contributed by atoms with Gasteiger partial charge in [0.05, 0.1) is 0 Å². The van der Waals surface area contributed by atoms with Crippen molar-refractivity contribution in [3.8, 4) is 0 Å². The van der Waals surface area contributed by atoms with Crippen LogP contribution < -0.4 is 10.6 Å². The molecule has 0 atom stereocenters. The highest BCUT2D eigenvalue weighted by Crippen LogP contribution is 2.19. The van der Waals surface area contributed by atoms with Crippen molar-refractivity contribution in [2.75, 3.05) is 25.1 Å². The lowest BCUT2D eigenvalue weighted by molar-refractivity contribution is 0.143. The van der Waals surface area contributed by atoms with Crippen molar-refractivity contribution < 1.29 is 9.53 Å². The molecule has 2 N–H and O–H groups in total. The number of ether oxygens (including phenoxy) is 1. The van der Waals surface area contributed by atoms with Crippen LogP contribution in [-0.4, -0.2) is 25.8 Å². The molecule has 0 aliphatic rings. The summed E-state index contributed by atoms with van der Waals surface area (Å²) >= 11 is 5.89. The summed E-state index contributed by atoms with van der Waals surface area (Å²) in [5, 5.41) is 6.20. The second kappa shape index (κ2) is 8.77. The number of anilines is 1. The summed E-state index contributed by atoms with van der Waals surface area (Å²) < 4.78 is 5.22. The fraction of sp³-hybridized carbons (Fsp3) is 0.500. The van der Waals surface area contributed by atoms with Crippen molar-refractivity contribution in [1.82, 2.24) is 5.32 Å². The fourth-order valence-corrected chi connectivity index (χ4v) is 1.74. The number of halogens is 1. The van der Waals surface area contributed by atoms with Crippen molar-refractivity contribution in [3.05, 3.63) is 28.8 Å². The topological polar surface area (TPSA) is 50.4 Å². The van der Waals surface area contributed by atoms with Gasteiger partial charge in [-0.15, -0.1) is 0 Å². The maximum Gasteiger partial charge on any atom is 0.319 e. The molecule has 0 saturated carbocycles. The molecular formula is C14H21ClN2O2. The average Bonchev–Trinajstić information content (AvgIpc) is 2.38. The van der Waals surface area contributed by atoms with Crippen LogP contribution in [-0.2, 0) is 4.74 Å². The lowest BCUT2D eigenvalue weighted by Crippen LogP contribution is -2.29. The molecule has 106 valence electrons. The van der Waals surface area contributed by atoms with E-state index < -0.39 is 0 Å². The zero-order valence-electron chi connectivity index (χ0n) is 11.5. The second-order valence-electron chi connectivity index (χ2n) is 4.24. The smallest absolute Gasteiger partial charge is 0.319 e. The van der Waals surface area contributed by atoms with E-state index in [4.69, 9.17) is 16.3 Å². The number of unbranched alkanes of at least 4 members (excludes halogenated alkanes) is 1. The monoisotopic (exact) mass is 284 g/mol. The summed E-state index contributed by atoms with van der Waals surface area (Å²) in [5.41, 5.74) is 1.72. The molecule has 0 aliphatic carbocycles. The number of rotatable bonds is 7. The van der Waals surface area contributed by atoms with Crippen LogP contribution in [0.2, 0.25) is 5.02 Å². The minimum Gasteiger partial charge on any atom is -0.382 e. The van der Waals surface area contributed by atoms with Crippen LogP contribution in [0, 0.1) is 6.92 Å². The van der Waals surface area contributed by atoms with E-state index >= 15 is 0 Å². The van der Waals surface area contributed by atoms with Crippen LogP contribution in [0.5, 0.6) is 0 Å². The predicted molar refractivity (Wildman–Crippen MR) is 78.9 cm³/mol. The number of aryl methyl sites for hydroxylation is 1. The highest BCUT2D eigenvalue weighted by Gasteiger charge is 2.04. The number of carbonyl (C=O) groups is 1. The van der Waals surface area contributed by atoms with E-state index in [0.717, 1.165) is 37.3 Å². The molecule has 0 fully saturated rings. The SMILES string of the molecule is CCOCCCCNC(=O)Nc1cc(Cl)ccc1C. The molecule has 0 bridgehead atoms. The van der Waals surface area contributed by atoms with Gasteiger partial charge in [-0.1, -0.05) is 17.7 Å². The van der Waals surface area contributed by atoms with E-state index in [0.29, 0.717) is 11.6 Å². The van der Waals surface area contributed by atoms with E-state index in [1.807, 2.05) is 19.9 Å². The van der Waals surface area contributed by atoms with Crippen molar-refractivity contribution in [1.29, 1.82) is 0 Å². The first-order chi connectivity index (χ1) is 9.13. The molecule has 2 amide bonds. The minimum atomic E-state index is -0.207. The summed E-state index contributed by atoms with van der Waals surface area (Å²) in [4.78, 5) is 11.7. The van der Waals surface area contributed by atoms with Crippen LogP contribution in [0.3, 0.4) is 0 Å². The maximum absolute atomic E-state index is 11.7. The third kappa shape index (κ3) is 6.45. The molecule has 4 nitrogen and oxygen atoms in total. The first-order valence-corrected chi connectivity index (χ1v) is 6.90. The number of nitrogens with one attached hydrogen (secondary N) is 2. The number of amides is 2. The Kier molecular flexibility index (Phi) is 7.30. The molecule has 5 heteroatoms. The molecule has 1 rings (SSSR count). The Hall–Kier alpha value is -1.26. The van der Waals surface area contributed by atoms with Crippen LogP contribution in [0.15, 0.2) is 18.2 Å². The summed E-state index contributed by atoms with van der Waals surface area (Å²) in [6, 6.07) is 5.21. The molecule has 0 aromatic heterocycles. The van der Waals surface area contributed by atoms with E-state index in [2.05, 4.69) is 10.6 Å². The van der Waals surface area contributed by atoms with Gasteiger partial charge in [-0.2, -0.15) is 0 Å². The van der Waals surface area contributed by atoms with Gasteiger partial charge in [0, 0.05) is 30.5 Å². The summed E-state index contributed by atoms with van der Waals surface area (Å²) in [7, 11) is 0. The van der Waals surface area contributed by atoms with Gasteiger partial charge < -0.3 is 15.4 Å². The zero-order chi connectivity index (χ0) is 14.1.